The van der Waals surface area contributed by atoms with Crippen LogP contribution in [0.1, 0.15) is 97.8 Å². The summed E-state index contributed by atoms with van der Waals surface area (Å²) in [5, 5.41) is 3.07. The third-order valence-corrected chi connectivity index (χ3v) is 4.25. The Morgan fingerprint density at radius 2 is 1.30 bits per heavy atom. The number of amides is 1. The second kappa shape index (κ2) is 14.9. The molecule has 0 aliphatic carbocycles. The van der Waals surface area contributed by atoms with E-state index >= 15 is 0 Å². The van der Waals surface area contributed by atoms with Crippen molar-refractivity contribution in [2.45, 2.75) is 97.8 Å². The molecule has 20 heavy (non-hydrogen) atoms. The van der Waals surface area contributed by atoms with E-state index in [1.54, 1.807) is 0 Å². The van der Waals surface area contributed by atoms with E-state index in [0.29, 0.717) is 5.92 Å². The number of carbonyl (C=O) groups excluding carboxylic acids is 1. The zero-order valence-corrected chi connectivity index (χ0v) is 14.2. The first kappa shape index (κ1) is 19.5. The molecule has 0 bridgehead atoms. The molecule has 2 heteroatoms. The molecule has 0 rings (SSSR count). The van der Waals surface area contributed by atoms with Crippen LogP contribution in [0.15, 0.2) is 0 Å². The molecule has 0 radical (unpaired) electrons. The lowest BCUT2D eigenvalue weighted by Gasteiger charge is -2.13. The molecule has 0 aromatic carbocycles. The Kier molecular flexibility index (Phi) is 14.5. The van der Waals surface area contributed by atoms with Crippen LogP contribution in [-0.4, -0.2) is 12.5 Å². The maximum atomic E-state index is 11.7. The highest BCUT2D eigenvalue weighted by Crippen LogP contribution is 2.10. The van der Waals surface area contributed by atoms with E-state index in [9.17, 15) is 4.79 Å². The highest BCUT2D eigenvalue weighted by Gasteiger charge is 2.06. The molecule has 0 aromatic rings. The highest BCUT2D eigenvalue weighted by atomic mass is 16.1. The molecule has 1 N–H and O–H groups in total. The second-order valence-corrected chi connectivity index (χ2v) is 6.07. The molecule has 2 nitrogen and oxygen atoms in total. The van der Waals surface area contributed by atoms with Gasteiger partial charge in [0.05, 0.1) is 0 Å². The molecule has 0 unspecified atom stereocenters. The molecule has 0 aliphatic heterocycles. The SMILES string of the molecule is CCCCCCCCCCCC(=O)NCC(CC)CC. The van der Waals surface area contributed by atoms with Gasteiger partial charge in [0.25, 0.3) is 0 Å². The van der Waals surface area contributed by atoms with Crippen molar-refractivity contribution in [1.82, 2.24) is 5.32 Å². The molecule has 1 amide bonds. The van der Waals surface area contributed by atoms with Gasteiger partial charge in [0.1, 0.15) is 0 Å². The predicted octanol–water partition coefficient (Wildman–Crippen LogP) is 5.46. The lowest BCUT2D eigenvalue weighted by Crippen LogP contribution is -2.28. The summed E-state index contributed by atoms with van der Waals surface area (Å²) >= 11 is 0. The van der Waals surface area contributed by atoms with Gasteiger partial charge >= 0.3 is 0 Å². The molecule has 0 saturated carbocycles. The molecule has 0 spiro atoms. The van der Waals surface area contributed by atoms with Gasteiger partial charge in [0, 0.05) is 13.0 Å². The Labute approximate surface area is 127 Å². The zero-order chi connectivity index (χ0) is 15.1. The van der Waals surface area contributed by atoms with Crippen molar-refractivity contribution in [3.8, 4) is 0 Å². The van der Waals surface area contributed by atoms with Crippen molar-refractivity contribution < 1.29 is 4.79 Å². The maximum absolute atomic E-state index is 11.7. The van der Waals surface area contributed by atoms with E-state index in [1.807, 2.05) is 0 Å². The van der Waals surface area contributed by atoms with Crippen molar-refractivity contribution in [2.75, 3.05) is 6.54 Å². The normalized spacial score (nSPS) is 11.0. The summed E-state index contributed by atoms with van der Waals surface area (Å²) in [6, 6.07) is 0. The molecule has 0 heterocycles. The molecular weight excluding hydrogens is 246 g/mol. The minimum absolute atomic E-state index is 0.250. The average Bonchev–Trinajstić information content (AvgIpc) is 2.46. The molecule has 0 aliphatic rings. The fraction of sp³-hybridized carbons (Fsp3) is 0.944. The van der Waals surface area contributed by atoms with Crippen molar-refractivity contribution in [1.29, 1.82) is 0 Å². The van der Waals surface area contributed by atoms with Crippen molar-refractivity contribution in [3.63, 3.8) is 0 Å². The number of carbonyl (C=O) groups is 1. The quantitative estimate of drug-likeness (QED) is 0.421. The summed E-state index contributed by atoms with van der Waals surface area (Å²) in [5.74, 6) is 0.905. The fourth-order valence-corrected chi connectivity index (χ4v) is 2.52. The van der Waals surface area contributed by atoms with Gasteiger partial charge in [-0.05, 0) is 12.3 Å². The van der Waals surface area contributed by atoms with E-state index in [0.717, 1.165) is 32.2 Å². The van der Waals surface area contributed by atoms with Crippen LogP contribution in [0.3, 0.4) is 0 Å². The molecule has 0 fully saturated rings. The van der Waals surface area contributed by atoms with E-state index in [1.165, 1.54) is 51.4 Å². The van der Waals surface area contributed by atoms with Gasteiger partial charge in [0.15, 0.2) is 0 Å². The van der Waals surface area contributed by atoms with Crippen LogP contribution < -0.4 is 5.32 Å². The highest BCUT2D eigenvalue weighted by molar-refractivity contribution is 5.75. The largest absolute Gasteiger partial charge is 0.356 e. The summed E-state index contributed by atoms with van der Waals surface area (Å²) < 4.78 is 0. The van der Waals surface area contributed by atoms with Crippen LogP contribution in [0.2, 0.25) is 0 Å². The van der Waals surface area contributed by atoms with Crippen LogP contribution in [-0.2, 0) is 4.79 Å². The standard InChI is InChI=1S/C18H37NO/c1-4-7-8-9-10-11-12-13-14-15-18(20)19-16-17(5-2)6-3/h17H,4-16H2,1-3H3,(H,19,20). The van der Waals surface area contributed by atoms with Gasteiger partial charge < -0.3 is 5.32 Å². The van der Waals surface area contributed by atoms with E-state index in [2.05, 4.69) is 26.1 Å². The zero-order valence-electron chi connectivity index (χ0n) is 14.2. The first-order valence-corrected chi connectivity index (χ1v) is 9.01. The molecule has 0 aromatic heterocycles. The molecule has 0 saturated heterocycles. The third kappa shape index (κ3) is 12.5. The Morgan fingerprint density at radius 1 is 0.800 bits per heavy atom. The topological polar surface area (TPSA) is 29.1 Å². The van der Waals surface area contributed by atoms with Gasteiger partial charge in [-0.15, -0.1) is 0 Å². The summed E-state index contributed by atoms with van der Waals surface area (Å²) in [7, 11) is 0. The number of hydrogen-bond acceptors (Lipinski definition) is 1. The summed E-state index contributed by atoms with van der Waals surface area (Å²) in [6.07, 6.45) is 14.8. The Balaban J connectivity index is 3.27. The first-order valence-electron chi connectivity index (χ1n) is 9.01. The molecular formula is C18H37NO. The summed E-state index contributed by atoms with van der Waals surface area (Å²) in [4.78, 5) is 11.7. The monoisotopic (exact) mass is 283 g/mol. The van der Waals surface area contributed by atoms with Crippen LogP contribution in [0.4, 0.5) is 0 Å². The number of unbranched alkanes of at least 4 members (excludes halogenated alkanes) is 8. The minimum atomic E-state index is 0.250. The lowest BCUT2D eigenvalue weighted by molar-refractivity contribution is -0.121. The van der Waals surface area contributed by atoms with Crippen molar-refractivity contribution >= 4 is 5.91 Å². The molecule has 120 valence electrons. The van der Waals surface area contributed by atoms with Gasteiger partial charge in [0.2, 0.25) is 5.91 Å². The first-order chi connectivity index (χ1) is 9.74. The number of nitrogens with one attached hydrogen (secondary N) is 1. The van der Waals surface area contributed by atoms with Crippen LogP contribution in [0.25, 0.3) is 0 Å². The van der Waals surface area contributed by atoms with Crippen molar-refractivity contribution in [2.24, 2.45) is 5.92 Å². The predicted molar refractivity (Wildman–Crippen MR) is 88.9 cm³/mol. The Morgan fingerprint density at radius 3 is 1.80 bits per heavy atom. The fourth-order valence-electron chi connectivity index (χ4n) is 2.52. The minimum Gasteiger partial charge on any atom is -0.356 e. The van der Waals surface area contributed by atoms with Gasteiger partial charge in [-0.1, -0.05) is 85.0 Å². The maximum Gasteiger partial charge on any atom is 0.220 e. The summed E-state index contributed by atoms with van der Waals surface area (Å²) in [6.45, 7) is 7.51. The second-order valence-electron chi connectivity index (χ2n) is 6.07. The smallest absolute Gasteiger partial charge is 0.220 e. The van der Waals surface area contributed by atoms with Crippen LogP contribution >= 0.6 is 0 Å². The lowest BCUT2D eigenvalue weighted by atomic mass is 10.0. The third-order valence-electron chi connectivity index (χ3n) is 4.25. The number of hydrogen-bond donors (Lipinski definition) is 1. The van der Waals surface area contributed by atoms with Gasteiger partial charge in [-0.3, -0.25) is 4.79 Å². The van der Waals surface area contributed by atoms with E-state index in [-0.39, 0.29) is 5.91 Å². The van der Waals surface area contributed by atoms with E-state index < -0.39 is 0 Å². The van der Waals surface area contributed by atoms with Crippen molar-refractivity contribution in [3.05, 3.63) is 0 Å². The average molecular weight is 284 g/mol. The van der Waals surface area contributed by atoms with Gasteiger partial charge in [-0.2, -0.15) is 0 Å². The Hall–Kier alpha value is -0.530. The van der Waals surface area contributed by atoms with Crippen LogP contribution in [0, 0.1) is 5.92 Å². The van der Waals surface area contributed by atoms with Gasteiger partial charge in [-0.25, -0.2) is 0 Å². The summed E-state index contributed by atoms with van der Waals surface area (Å²) in [5.41, 5.74) is 0. The molecule has 0 atom stereocenters. The van der Waals surface area contributed by atoms with Crippen LogP contribution in [0.5, 0.6) is 0 Å². The number of rotatable bonds is 14. The Bertz CT molecular complexity index is 211. The van der Waals surface area contributed by atoms with E-state index in [4.69, 9.17) is 0 Å².